The Kier molecular flexibility index (Phi) is 5.76. The van der Waals surface area contributed by atoms with Gasteiger partial charge in [0.25, 0.3) is 5.56 Å². The number of aromatic nitrogens is 2. The van der Waals surface area contributed by atoms with E-state index in [0.29, 0.717) is 41.6 Å². The number of methoxy groups -OCH3 is 1. The van der Waals surface area contributed by atoms with Gasteiger partial charge in [0, 0.05) is 18.7 Å². The van der Waals surface area contributed by atoms with E-state index in [1.54, 1.807) is 13.2 Å². The van der Waals surface area contributed by atoms with Crippen LogP contribution in [0.4, 0.5) is 0 Å². The Labute approximate surface area is 177 Å². The number of ether oxygens (including phenoxy) is 3. The van der Waals surface area contributed by atoms with Crippen molar-refractivity contribution in [1.82, 2.24) is 9.55 Å². The number of halogens is 2. The summed E-state index contributed by atoms with van der Waals surface area (Å²) in [5, 5.41) is 1.04. The first-order chi connectivity index (χ1) is 14.0. The van der Waals surface area contributed by atoms with E-state index in [0.717, 1.165) is 16.8 Å². The molecule has 2 aromatic carbocycles. The number of hydrogen-bond donors (Lipinski definition) is 0. The Morgan fingerprint density at radius 3 is 2.76 bits per heavy atom. The summed E-state index contributed by atoms with van der Waals surface area (Å²) in [6.07, 6.45) is -0.248. The third-order valence-corrected chi connectivity index (χ3v) is 5.40. The molecule has 2 heterocycles. The van der Waals surface area contributed by atoms with Gasteiger partial charge in [-0.25, -0.2) is 0 Å². The number of nitrogens with zero attached hydrogens (tertiary/aromatic N) is 2. The first-order valence-corrected chi connectivity index (χ1v) is 9.74. The summed E-state index contributed by atoms with van der Waals surface area (Å²) in [7, 11) is 1.58. The third kappa shape index (κ3) is 4.24. The molecule has 0 radical (unpaired) electrons. The molecule has 8 heteroatoms. The maximum atomic E-state index is 11.7. The highest BCUT2D eigenvalue weighted by molar-refractivity contribution is 6.43. The van der Waals surface area contributed by atoms with Crippen LogP contribution in [0.3, 0.4) is 0 Å². The van der Waals surface area contributed by atoms with Crippen LogP contribution in [-0.4, -0.2) is 29.4 Å². The maximum absolute atomic E-state index is 11.7. The van der Waals surface area contributed by atoms with Crippen molar-refractivity contribution < 1.29 is 14.2 Å². The van der Waals surface area contributed by atoms with Gasteiger partial charge in [0.2, 0.25) is 0 Å². The van der Waals surface area contributed by atoms with Crippen molar-refractivity contribution >= 4 is 23.2 Å². The topological polar surface area (TPSA) is 62.6 Å². The molecule has 0 spiro atoms. The van der Waals surface area contributed by atoms with E-state index in [-0.39, 0.29) is 11.7 Å². The normalized spacial score (nSPS) is 15.1. The van der Waals surface area contributed by atoms with Gasteiger partial charge in [0.15, 0.2) is 6.10 Å². The van der Waals surface area contributed by atoms with Gasteiger partial charge in [-0.2, -0.15) is 4.98 Å². The van der Waals surface area contributed by atoms with Crippen molar-refractivity contribution in [2.24, 2.45) is 0 Å². The Morgan fingerprint density at radius 1 is 1.21 bits per heavy atom. The first-order valence-electron chi connectivity index (χ1n) is 8.99. The second kappa shape index (κ2) is 8.45. The van der Waals surface area contributed by atoms with Gasteiger partial charge in [0.05, 0.1) is 28.9 Å². The second-order valence-electron chi connectivity index (χ2n) is 6.59. The first kappa shape index (κ1) is 19.8. The van der Waals surface area contributed by atoms with Gasteiger partial charge in [-0.15, -0.1) is 0 Å². The standard InChI is InChI=1S/C21H18Cl2N2O4/c1-27-11-14-9-19(26)24-21-25(14)10-16(29-21)12-28-15-7-5-13(6-8-15)17-3-2-4-18(22)20(17)23/h2-9,16H,10-12H2,1H3. The van der Waals surface area contributed by atoms with Crippen LogP contribution in [-0.2, 0) is 17.9 Å². The molecule has 0 saturated carbocycles. The van der Waals surface area contributed by atoms with Crippen molar-refractivity contribution in [1.29, 1.82) is 0 Å². The van der Waals surface area contributed by atoms with E-state index >= 15 is 0 Å². The zero-order chi connectivity index (χ0) is 20.4. The smallest absolute Gasteiger partial charge is 0.300 e. The molecule has 0 fully saturated rings. The lowest BCUT2D eigenvalue weighted by molar-refractivity contribution is 0.143. The molecule has 1 aliphatic rings. The lowest BCUT2D eigenvalue weighted by Gasteiger charge is -2.12. The van der Waals surface area contributed by atoms with Gasteiger partial charge in [-0.1, -0.05) is 47.5 Å². The van der Waals surface area contributed by atoms with Gasteiger partial charge < -0.3 is 14.2 Å². The molecule has 1 unspecified atom stereocenters. The van der Waals surface area contributed by atoms with Gasteiger partial charge in [-0.3, -0.25) is 9.36 Å². The molecule has 1 aliphatic heterocycles. The number of hydrogen-bond acceptors (Lipinski definition) is 5. The lowest BCUT2D eigenvalue weighted by Crippen LogP contribution is -2.23. The average molecular weight is 433 g/mol. The molecule has 3 aromatic rings. The summed E-state index contributed by atoms with van der Waals surface area (Å²) in [5.74, 6) is 0.700. The Morgan fingerprint density at radius 2 is 2.00 bits per heavy atom. The highest BCUT2D eigenvalue weighted by Gasteiger charge is 2.26. The van der Waals surface area contributed by atoms with E-state index in [4.69, 9.17) is 37.4 Å². The highest BCUT2D eigenvalue weighted by atomic mass is 35.5. The van der Waals surface area contributed by atoms with Crippen molar-refractivity contribution in [2.75, 3.05) is 13.7 Å². The fourth-order valence-electron chi connectivity index (χ4n) is 3.21. The Balaban J connectivity index is 1.42. The zero-order valence-corrected chi connectivity index (χ0v) is 17.1. The van der Waals surface area contributed by atoms with Crippen molar-refractivity contribution in [3.05, 3.63) is 74.6 Å². The van der Waals surface area contributed by atoms with E-state index < -0.39 is 0 Å². The van der Waals surface area contributed by atoms with Crippen LogP contribution in [0.5, 0.6) is 11.8 Å². The SMILES string of the molecule is COCc1cc(=O)nc2n1CC(COc1ccc(-c3cccc(Cl)c3Cl)cc1)O2. The van der Waals surface area contributed by atoms with Gasteiger partial charge in [0.1, 0.15) is 12.4 Å². The molecular weight excluding hydrogens is 415 g/mol. The van der Waals surface area contributed by atoms with E-state index in [2.05, 4.69) is 4.98 Å². The van der Waals surface area contributed by atoms with Crippen LogP contribution in [0.1, 0.15) is 5.69 Å². The van der Waals surface area contributed by atoms with Crippen LogP contribution in [0, 0.1) is 0 Å². The zero-order valence-electron chi connectivity index (χ0n) is 15.6. The van der Waals surface area contributed by atoms with Crippen LogP contribution in [0.25, 0.3) is 11.1 Å². The molecule has 0 amide bonds. The summed E-state index contributed by atoms with van der Waals surface area (Å²) in [6, 6.07) is 14.9. The minimum absolute atomic E-state index is 0.248. The molecule has 0 aliphatic carbocycles. The highest BCUT2D eigenvalue weighted by Crippen LogP contribution is 2.34. The Bertz CT molecular complexity index is 1080. The van der Waals surface area contributed by atoms with E-state index in [1.807, 2.05) is 41.0 Å². The summed E-state index contributed by atoms with van der Waals surface area (Å²) in [4.78, 5) is 15.6. The van der Waals surface area contributed by atoms with Crippen LogP contribution < -0.4 is 15.0 Å². The van der Waals surface area contributed by atoms with Crippen molar-refractivity contribution in [3.8, 4) is 22.9 Å². The fraction of sp³-hybridized carbons (Fsp3) is 0.238. The second-order valence-corrected chi connectivity index (χ2v) is 7.37. The van der Waals surface area contributed by atoms with E-state index in [9.17, 15) is 4.79 Å². The summed E-state index contributed by atoms with van der Waals surface area (Å²) in [5.41, 5.74) is 2.19. The maximum Gasteiger partial charge on any atom is 0.300 e. The number of fused-ring (bicyclic) bond motifs is 1. The minimum Gasteiger partial charge on any atom is -0.490 e. The molecular formula is C21H18Cl2N2O4. The molecule has 6 nitrogen and oxygen atoms in total. The van der Waals surface area contributed by atoms with Gasteiger partial charge >= 0.3 is 6.01 Å². The molecule has 0 bridgehead atoms. The van der Waals surface area contributed by atoms with Crippen LogP contribution in [0.15, 0.2) is 53.3 Å². The largest absolute Gasteiger partial charge is 0.490 e. The van der Waals surface area contributed by atoms with Crippen LogP contribution >= 0.6 is 23.2 Å². The number of benzene rings is 2. The molecule has 150 valence electrons. The van der Waals surface area contributed by atoms with Crippen LogP contribution in [0.2, 0.25) is 10.0 Å². The molecule has 1 atom stereocenters. The van der Waals surface area contributed by atoms with Crippen molar-refractivity contribution in [2.45, 2.75) is 19.3 Å². The molecule has 0 saturated heterocycles. The van der Waals surface area contributed by atoms with E-state index in [1.165, 1.54) is 6.07 Å². The molecule has 29 heavy (non-hydrogen) atoms. The lowest BCUT2D eigenvalue weighted by atomic mass is 10.1. The predicted octanol–water partition coefficient (Wildman–Crippen LogP) is 4.20. The van der Waals surface area contributed by atoms with Gasteiger partial charge in [-0.05, 0) is 23.8 Å². The fourth-order valence-corrected chi connectivity index (χ4v) is 3.62. The molecule has 4 rings (SSSR count). The average Bonchev–Trinajstić information content (AvgIpc) is 3.12. The van der Waals surface area contributed by atoms with Crippen molar-refractivity contribution in [3.63, 3.8) is 0 Å². The predicted molar refractivity (Wildman–Crippen MR) is 111 cm³/mol. The monoisotopic (exact) mass is 432 g/mol. The summed E-state index contributed by atoms with van der Waals surface area (Å²) in [6.45, 7) is 1.17. The number of rotatable bonds is 6. The quantitative estimate of drug-likeness (QED) is 0.583. The Hall–Kier alpha value is -2.54. The molecule has 0 N–H and O–H groups in total. The molecule has 1 aromatic heterocycles. The third-order valence-electron chi connectivity index (χ3n) is 4.58. The minimum atomic E-state index is -0.347. The summed E-state index contributed by atoms with van der Waals surface area (Å²) < 4.78 is 18.6. The summed E-state index contributed by atoms with van der Waals surface area (Å²) >= 11 is 12.4.